The van der Waals surface area contributed by atoms with Crippen molar-refractivity contribution in [1.82, 2.24) is 0 Å². The lowest BCUT2D eigenvalue weighted by atomic mass is 10.1. The average Bonchev–Trinajstić information content (AvgIpc) is 2.07. The normalized spacial score (nSPS) is 28.8. The zero-order valence-corrected chi connectivity index (χ0v) is 6.88. The van der Waals surface area contributed by atoms with Crippen LogP contribution in [0.15, 0.2) is 0 Å². The third-order valence-electron chi connectivity index (χ3n) is 2.27. The number of Topliss-reactive ketones (excluding diaryl/α,β-unsaturated/α-hetero) is 1. The summed E-state index contributed by atoms with van der Waals surface area (Å²) < 4.78 is 0. The molecule has 1 rings (SSSR count). The summed E-state index contributed by atoms with van der Waals surface area (Å²) in [4.78, 5) is 11.1. The Morgan fingerprint density at radius 1 is 1.09 bits per heavy atom. The summed E-state index contributed by atoms with van der Waals surface area (Å²) in [6.07, 6.45) is 6.12. The van der Waals surface area contributed by atoms with E-state index in [1.54, 1.807) is 0 Å². The van der Waals surface area contributed by atoms with E-state index in [1.165, 1.54) is 12.8 Å². The Bertz CT molecular complexity index is 132. The average molecular weight is 156 g/mol. The Balaban J connectivity index is 2.35. The number of aliphatic hydroxyl groups is 1. The van der Waals surface area contributed by atoms with Gasteiger partial charge in [0.05, 0.1) is 0 Å². The molecule has 0 unspecified atom stereocenters. The minimum atomic E-state index is -0.659. The molecular formula is C9H16O2. The van der Waals surface area contributed by atoms with Gasteiger partial charge in [0.1, 0.15) is 6.10 Å². The second kappa shape index (κ2) is 4.50. The third-order valence-corrected chi connectivity index (χ3v) is 2.27. The first-order valence-corrected chi connectivity index (χ1v) is 4.51. The highest BCUT2D eigenvalue weighted by atomic mass is 16.3. The molecule has 0 amide bonds. The molecule has 0 aromatic carbocycles. The summed E-state index contributed by atoms with van der Waals surface area (Å²) >= 11 is 0. The Morgan fingerprint density at radius 2 is 1.73 bits per heavy atom. The first-order valence-electron chi connectivity index (χ1n) is 4.51. The molecule has 64 valence electrons. The first kappa shape index (κ1) is 8.72. The molecule has 0 saturated heterocycles. The van der Waals surface area contributed by atoms with Crippen molar-refractivity contribution in [3.63, 3.8) is 0 Å². The van der Waals surface area contributed by atoms with Gasteiger partial charge in [-0.05, 0) is 12.8 Å². The zero-order valence-electron chi connectivity index (χ0n) is 6.88. The predicted molar refractivity (Wildman–Crippen MR) is 43.3 cm³/mol. The van der Waals surface area contributed by atoms with Crippen LogP contribution < -0.4 is 0 Å². The van der Waals surface area contributed by atoms with Gasteiger partial charge < -0.3 is 5.11 Å². The van der Waals surface area contributed by atoms with Gasteiger partial charge in [0.2, 0.25) is 0 Å². The highest BCUT2D eigenvalue weighted by molar-refractivity contribution is 5.82. The fraction of sp³-hybridized carbons (Fsp3) is 0.889. The van der Waals surface area contributed by atoms with Crippen LogP contribution in [0, 0.1) is 0 Å². The Kier molecular flexibility index (Phi) is 3.57. The quantitative estimate of drug-likeness (QED) is 0.579. The molecule has 11 heavy (non-hydrogen) atoms. The van der Waals surface area contributed by atoms with Crippen molar-refractivity contribution in [3.8, 4) is 0 Å². The van der Waals surface area contributed by atoms with Gasteiger partial charge in [-0.15, -0.1) is 0 Å². The Labute approximate surface area is 67.6 Å². The number of ketones is 1. The maximum Gasteiger partial charge on any atom is 0.161 e. The molecule has 2 nitrogen and oxygen atoms in total. The van der Waals surface area contributed by atoms with Crippen molar-refractivity contribution in [2.75, 3.05) is 0 Å². The molecule has 1 atom stereocenters. The summed E-state index contributed by atoms with van der Waals surface area (Å²) in [5.41, 5.74) is 0. The van der Waals surface area contributed by atoms with Crippen molar-refractivity contribution in [2.24, 2.45) is 0 Å². The fourth-order valence-corrected chi connectivity index (χ4v) is 1.49. The minimum absolute atomic E-state index is 0.0481. The van der Waals surface area contributed by atoms with Crippen LogP contribution >= 0.6 is 0 Å². The molecule has 1 N–H and O–H groups in total. The number of carbonyl (C=O) groups excluding carboxylic acids is 1. The van der Waals surface area contributed by atoms with Crippen LogP contribution in [0.4, 0.5) is 0 Å². The van der Waals surface area contributed by atoms with E-state index in [0.29, 0.717) is 12.8 Å². The standard InChI is InChI=1S/C9H16O2/c10-8-6-4-2-1-3-5-7-9(8)11/h8,10H,1-7H2/t8-/m1/s1. The SMILES string of the molecule is O=C1CCCCCCC[C@H]1O. The zero-order chi connectivity index (χ0) is 8.10. The van der Waals surface area contributed by atoms with Crippen LogP contribution in [-0.2, 0) is 4.79 Å². The maximum atomic E-state index is 11.1. The summed E-state index contributed by atoms with van der Waals surface area (Å²) in [5, 5.41) is 9.26. The number of carbonyl (C=O) groups is 1. The van der Waals surface area contributed by atoms with Crippen molar-refractivity contribution in [3.05, 3.63) is 0 Å². The van der Waals surface area contributed by atoms with Gasteiger partial charge >= 0.3 is 0 Å². The van der Waals surface area contributed by atoms with Gasteiger partial charge in [0, 0.05) is 6.42 Å². The Hall–Kier alpha value is -0.370. The van der Waals surface area contributed by atoms with E-state index >= 15 is 0 Å². The molecule has 1 fully saturated rings. The van der Waals surface area contributed by atoms with Gasteiger partial charge in [-0.25, -0.2) is 0 Å². The molecular weight excluding hydrogens is 140 g/mol. The smallest absolute Gasteiger partial charge is 0.161 e. The molecule has 0 bridgehead atoms. The molecule has 1 saturated carbocycles. The molecule has 0 aromatic rings. The van der Waals surface area contributed by atoms with Crippen LogP contribution in [-0.4, -0.2) is 17.0 Å². The number of hydrogen-bond acceptors (Lipinski definition) is 2. The van der Waals surface area contributed by atoms with Crippen LogP contribution in [0.2, 0.25) is 0 Å². The van der Waals surface area contributed by atoms with Gasteiger partial charge in [-0.2, -0.15) is 0 Å². The van der Waals surface area contributed by atoms with E-state index < -0.39 is 6.10 Å². The second-order valence-corrected chi connectivity index (χ2v) is 3.29. The Morgan fingerprint density at radius 3 is 2.55 bits per heavy atom. The van der Waals surface area contributed by atoms with Gasteiger partial charge in [0.15, 0.2) is 5.78 Å². The molecule has 0 radical (unpaired) electrons. The molecule has 0 aliphatic heterocycles. The van der Waals surface area contributed by atoms with Gasteiger partial charge in [0.25, 0.3) is 0 Å². The maximum absolute atomic E-state index is 11.1. The van der Waals surface area contributed by atoms with Gasteiger partial charge in [-0.1, -0.05) is 25.7 Å². The highest BCUT2D eigenvalue weighted by Gasteiger charge is 2.14. The monoisotopic (exact) mass is 156 g/mol. The summed E-state index contributed by atoms with van der Waals surface area (Å²) in [6.45, 7) is 0. The summed E-state index contributed by atoms with van der Waals surface area (Å²) in [6, 6.07) is 0. The summed E-state index contributed by atoms with van der Waals surface area (Å²) in [5.74, 6) is 0.0481. The molecule has 1 aliphatic carbocycles. The topological polar surface area (TPSA) is 37.3 Å². The number of rotatable bonds is 0. The minimum Gasteiger partial charge on any atom is -0.385 e. The number of hydrogen-bond donors (Lipinski definition) is 1. The van der Waals surface area contributed by atoms with E-state index in [9.17, 15) is 9.90 Å². The van der Waals surface area contributed by atoms with Crippen molar-refractivity contribution >= 4 is 5.78 Å². The molecule has 1 aliphatic rings. The van der Waals surface area contributed by atoms with Crippen LogP contribution in [0.3, 0.4) is 0 Å². The highest BCUT2D eigenvalue weighted by Crippen LogP contribution is 2.14. The lowest BCUT2D eigenvalue weighted by Gasteiger charge is -2.05. The lowest BCUT2D eigenvalue weighted by molar-refractivity contribution is -0.127. The fourth-order valence-electron chi connectivity index (χ4n) is 1.49. The van der Waals surface area contributed by atoms with Gasteiger partial charge in [-0.3, -0.25) is 4.79 Å². The van der Waals surface area contributed by atoms with Crippen molar-refractivity contribution in [2.45, 2.75) is 51.0 Å². The van der Waals surface area contributed by atoms with E-state index in [2.05, 4.69) is 0 Å². The van der Waals surface area contributed by atoms with E-state index in [4.69, 9.17) is 0 Å². The van der Waals surface area contributed by atoms with Crippen molar-refractivity contribution < 1.29 is 9.90 Å². The molecule has 0 heterocycles. The predicted octanol–water partition coefficient (Wildman–Crippen LogP) is 1.66. The molecule has 0 spiro atoms. The lowest BCUT2D eigenvalue weighted by Crippen LogP contribution is -2.19. The second-order valence-electron chi connectivity index (χ2n) is 3.29. The summed E-state index contributed by atoms with van der Waals surface area (Å²) in [7, 11) is 0. The van der Waals surface area contributed by atoms with Crippen LogP contribution in [0.1, 0.15) is 44.9 Å². The van der Waals surface area contributed by atoms with E-state index in [0.717, 1.165) is 19.3 Å². The van der Waals surface area contributed by atoms with Crippen LogP contribution in [0.5, 0.6) is 0 Å². The first-order chi connectivity index (χ1) is 5.30. The van der Waals surface area contributed by atoms with Crippen LogP contribution in [0.25, 0.3) is 0 Å². The third kappa shape index (κ3) is 3.02. The molecule has 2 heteroatoms. The van der Waals surface area contributed by atoms with Crippen molar-refractivity contribution in [1.29, 1.82) is 0 Å². The number of aliphatic hydroxyl groups excluding tert-OH is 1. The van der Waals surface area contributed by atoms with E-state index in [1.807, 2.05) is 0 Å². The largest absolute Gasteiger partial charge is 0.385 e. The molecule has 0 aromatic heterocycles. The van der Waals surface area contributed by atoms with E-state index in [-0.39, 0.29) is 5.78 Å².